The lowest BCUT2D eigenvalue weighted by molar-refractivity contribution is -0.111. The van der Waals surface area contributed by atoms with Crippen LogP contribution in [0.3, 0.4) is 0 Å². The van der Waals surface area contributed by atoms with E-state index in [4.69, 9.17) is 9.47 Å². The lowest BCUT2D eigenvalue weighted by Gasteiger charge is -2.03. The van der Waals surface area contributed by atoms with Crippen LogP contribution in [-0.2, 0) is 4.79 Å². The van der Waals surface area contributed by atoms with Crippen molar-refractivity contribution in [3.63, 3.8) is 0 Å². The first-order chi connectivity index (χ1) is 13.1. The summed E-state index contributed by atoms with van der Waals surface area (Å²) in [5, 5.41) is 5.34. The minimum Gasteiger partial charge on any atom is -0.454 e. The van der Waals surface area contributed by atoms with Gasteiger partial charge in [0.25, 0.3) is 0 Å². The van der Waals surface area contributed by atoms with Crippen LogP contribution < -0.4 is 14.8 Å². The first-order valence-corrected chi connectivity index (χ1v) is 9.38. The molecule has 4 rings (SSSR count). The van der Waals surface area contributed by atoms with Crippen molar-refractivity contribution in [3.8, 4) is 22.8 Å². The molecule has 1 aliphatic heterocycles. The summed E-state index contributed by atoms with van der Waals surface area (Å²) in [5.41, 5.74) is 5.19. The molecule has 2 heterocycles. The number of rotatable bonds is 4. The summed E-state index contributed by atoms with van der Waals surface area (Å²) >= 11 is 1.41. The highest BCUT2D eigenvalue weighted by atomic mass is 32.1. The highest BCUT2D eigenvalue weighted by Crippen LogP contribution is 2.33. The fraction of sp³-hybridized carbons (Fsp3) is 0.143. The van der Waals surface area contributed by atoms with Crippen molar-refractivity contribution in [2.75, 3.05) is 12.1 Å². The zero-order chi connectivity index (χ0) is 18.8. The number of fused-ring (bicyclic) bond motifs is 1. The molecular weight excluding hydrogens is 360 g/mol. The molecule has 6 heteroatoms. The quantitative estimate of drug-likeness (QED) is 0.662. The van der Waals surface area contributed by atoms with Crippen LogP contribution in [0.2, 0.25) is 0 Å². The number of carbonyl (C=O) groups is 1. The third-order valence-corrected chi connectivity index (χ3v) is 4.97. The summed E-state index contributed by atoms with van der Waals surface area (Å²) < 4.78 is 10.6. The predicted molar refractivity (Wildman–Crippen MR) is 107 cm³/mol. The zero-order valence-corrected chi connectivity index (χ0v) is 15.8. The minimum atomic E-state index is -0.228. The number of aromatic nitrogens is 1. The van der Waals surface area contributed by atoms with E-state index in [2.05, 4.69) is 42.3 Å². The van der Waals surface area contributed by atoms with Gasteiger partial charge in [0, 0.05) is 17.0 Å². The smallest absolute Gasteiger partial charge is 0.250 e. The van der Waals surface area contributed by atoms with Crippen LogP contribution in [0.4, 0.5) is 5.13 Å². The summed E-state index contributed by atoms with van der Waals surface area (Å²) in [6.45, 7) is 4.36. The second-order valence-electron chi connectivity index (χ2n) is 6.29. The van der Waals surface area contributed by atoms with Crippen LogP contribution in [0.25, 0.3) is 17.3 Å². The van der Waals surface area contributed by atoms with Crippen LogP contribution >= 0.6 is 11.3 Å². The van der Waals surface area contributed by atoms with Gasteiger partial charge in [-0.3, -0.25) is 10.1 Å². The molecule has 0 fully saturated rings. The Kier molecular flexibility index (Phi) is 4.64. The number of anilines is 1. The van der Waals surface area contributed by atoms with Gasteiger partial charge in [0.15, 0.2) is 16.6 Å². The number of thiazole rings is 1. The van der Waals surface area contributed by atoms with E-state index in [1.165, 1.54) is 28.5 Å². The summed E-state index contributed by atoms with van der Waals surface area (Å²) in [4.78, 5) is 16.7. The Balaban J connectivity index is 1.43. The molecule has 27 heavy (non-hydrogen) atoms. The number of ether oxygens (including phenoxy) is 2. The van der Waals surface area contributed by atoms with E-state index in [9.17, 15) is 4.79 Å². The number of hydrogen-bond acceptors (Lipinski definition) is 5. The molecule has 0 atom stereocenters. The van der Waals surface area contributed by atoms with Crippen molar-refractivity contribution in [2.24, 2.45) is 0 Å². The van der Waals surface area contributed by atoms with Crippen LogP contribution in [0.5, 0.6) is 11.5 Å². The Bertz CT molecular complexity index is 1040. The normalized spacial score (nSPS) is 12.5. The van der Waals surface area contributed by atoms with Gasteiger partial charge < -0.3 is 9.47 Å². The number of amides is 1. The molecule has 0 saturated heterocycles. The maximum Gasteiger partial charge on any atom is 0.250 e. The zero-order valence-electron chi connectivity index (χ0n) is 15.0. The van der Waals surface area contributed by atoms with Gasteiger partial charge in [-0.2, -0.15) is 0 Å². The molecule has 1 N–H and O–H groups in total. The lowest BCUT2D eigenvalue weighted by Crippen LogP contribution is -2.07. The van der Waals surface area contributed by atoms with Crippen molar-refractivity contribution in [2.45, 2.75) is 13.8 Å². The number of benzene rings is 2. The average Bonchev–Trinajstić information content (AvgIpc) is 3.29. The van der Waals surface area contributed by atoms with Crippen molar-refractivity contribution in [1.82, 2.24) is 4.98 Å². The van der Waals surface area contributed by atoms with E-state index in [1.54, 1.807) is 6.08 Å². The van der Waals surface area contributed by atoms with Gasteiger partial charge in [0.05, 0.1) is 5.69 Å². The maximum absolute atomic E-state index is 12.2. The largest absolute Gasteiger partial charge is 0.454 e. The molecule has 0 spiro atoms. The highest BCUT2D eigenvalue weighted by Gasteiger charge is 2.12. The Labute approximate surface area is 161 Å². The van der Waals surface area contributed by atoms with Crippen molar-refractivity contribution >= 4 is 28.5 Å². The van der Waals surface area contributed by atoms with Gasteiger partial charge in [-0.1, -0.05) is 29.8 Å². The SMILES string of the molecule is Cc1ccc(-c2csc(NC(=O)/C=C/c3ccc4c(c3)OCO4)n2)c(C)c1. The number of hydrogen-bond donors (Lipinski definition) is 1. The second kappa shape index (κ2) is 7.25. The van der Waals surface area contributed by atoms with E-state index in [0.29, 0.717) is 10.9 Å². The molecule has 1 amide bonds. The molecule has 0 bridgehead atoms. The molecule has 1 aromatic heterocycles. The number of carbonyl (C=O) groups excluding carboxylic acids is 1. The van der Waals surface area contributed by atoms with Crippen molar-refractivity contribution in [3.05, 3.63) is 64.5 Å². The molecule has 2 aromatic carbocycles. The summed E-state index contributed by atoms with van der Waals surface area (Å²) in [6, 6.07) is 11.8. The summed E-state index contributed by atoms with van der Waals surface area (Å²) in [7, 11) is 0. The molecule has 0 aliphatic carbocycles. The van der Waals surface area contributed by atoms with Crippen LogP contribution in [0.15, 0.2) is 47.9 Å². The summed E-state index contributed by atoms with van der Waals surface area (Å²) in [5.74, 6) is 1.18. The fourth-order valence-electron chi connectivity index (χ4n) is 2.89. The highest BCUT2D eigenvalue weighted by molar-refractivity contribution is 7.14. The van der Waals surface area contributed by atoms with Crippen molar-refractivity contribution in [1.29, 1.82) is 0 Å². The third kappa shape index (κ3) is 3.85. The predicted octanol–water partition coefficient (Wildman–Crippen LogP) is 4.81. The van der Waals surface area contributed by atoms with Gasteiger partial charge in [-0.25, -0.2) is 4.98 Å². The standard InChI is InChI=1S/C21H18N2O3S/c1-13-3-6-16(14(2)9-13)17-11-27-21(22-17)23-20(24)8-5-15-4-7-18-19(10-15)26-12-25-18/h3-11H,12H2,1-2H3,(H,22,23,24)/b8-5+. The van der Waals surface area contributed by atoms with Gasteiger partial charge in [-0.15, -0.1) is 11.3 Å². The molecular formula is C21H18N2O3S. The molecule has 0 saturated carbocycles. The Morgan fingerprint density at radius 1 is 1.15 bits per heavy atom. The number of nitrogens with one attached hydrogen (secondary N) is 1. The third-order valence-electron chi connectivity index (χ3n) is 4.22. The number of nitrogens with zero attached hydrogens (tertiary/aromatic N) is 1. The van der Waals surface area contributed by atoms with E-state index in [0.717, 1.165) is 22.6 Å². The van der Waals surface area contributed by atoms with Gasteiger partial charge in [-0.05, 0) is 43.2 Å². The van der Waals surface area contributed by atoms with Crippen molar-refractivity contribution < 1.29 is 14.3 Å². The van der Waals surface area contributed by atoms with E-state index in [-0.39, 0.29) is 12.7 Å². The molecule has 136 valence electrons. The Morgan fingerprint density at radius 2 is 2.00 bits per heavy atom. The van der Waals surface area contributed by atoms with Gasteiger partial charge >= 0.3 is 0 Å². The van der Waals surface area contributed by atoms with Gasteiger partial charge in [0.2, 0.25) is 12.7 Å². The number of aryl methyl sites for hydroxylation is 2. The van der Waals surface area contributed by atoms with Crippen LogP contribution in [0, 0.1) is 13.8 Å². The molecule has 3 aromatic rings. The second-order valence-corrected chi connectivity index (χ2v) is 7.15. The first-order valence-electron chi connectivity index (χ1n) is 8.50. The van der Waals surface area contributed by atoms with E-state index in [1.807, 2.05) is 23.6 Å². The van der Waals surface area contributed by atoms with E-state index >= 15 is 0 Å². The lowest BCUT2D eigenvalue weighted by atomic mass is 10.0. The van der Waals surface area contributed by atoms with Crippen LogP contribution in [0.1, 0.15) is 16.7 Å². The minimum absolute atomic E-state index is 0.228. The molecule has 1 aliphatic rings. The maximum atomic E-state index is 12.2. The van der Waals surface area contributed by atoms with E-state index < -0.39 is 0 Å². The van der Waals surface area contributed by atoms with Crippen LogP contribution in [-0.4, -0.2) is 17.7 Å². The molecule has 0 radical (unpaired) electrons. The fourth-order valence-corrected chi connectivity index (χ4v) is 3.61. The summed E-state index contributed by atoms with van der Waals surface area (Å²) in [6.07, 6.45) is 3.21. The topological polar surface area (TPSA) is 60.5 Å². The first kappa shape index (κ1) is 17.3. The Hall–Kier alpha value is -3.12. The molecule has 5 nitrogen and oxygen atoms in total. The molecule has 0 unspecified atom stereocenters. The Morgan fingerprint density at radius 3 is 2.85 bits per heavy atom. The monoisotopic (exact) mass is 378 g/mol. The van der Waals surface area contributed by atoms with Gasteiger partial charge in [0.1, 0.15) is 0 Å². The average molecular weight is 378 g/mol.